The minimum absolute atomic E-state index is 0.267. The molecule has 6 heteroatoms. The number of primary amides is 1. The van der Waals surface area contributed by atoms with Crippen LogP contribution in [0, 0.1) is 0 Å². The van der Waals surface area contributed by atoms with Gasteiger partial charge in [-0.05, 0) is 18.2 Å². The number of nitrogens with two attached hydrogens (primary N) is 1. The molecule has 0 aliphatic carbocycles. The molecular formula is C15H10ClN3O2. The van der Waals surface area contributed by atoms with Crippen molar-refractivity contribution in [2.75, 3.05) is 0 Å². The van der Waals surface area contributed by atoms with Gasteiger partial charge in [-0.15, -0.1) is 10.2 Å². The minimum Gasteiger partial charge on any atom is -0.436 e. The predicted octanol–water partition coefficient (Wildman–Crippen LogP) is 3.17. The molecule has 0 saturated carbocycles. The maximum absolute atomic E-state index is 11.4. The summed E-state index contributed by atoms with van der Waals surface area (Å²) in [6.07, 6.45) is 0. The normalized spacial score (nSPS) is 10.5. The lowest BCUT2D eigenvalue weighted by molar-refractivity contribution is 0.0998. The van der Waals surface area contributed by atoms with Gasteiger partial charge in [0.15, 0.2) is 5.15 Å². The highest BCUT2D eigenvalue weighted by Gasteiger charge is 2.13. The van der Waals surface area contributed by atoms with E-state index < -0.39 is 5.91 Å². The molecule has 0 aliphatic heterocycles. The van der Waals surface area contributed by atoms with Crippen LogP contribution < -0.4 is 10.5 Å². The van der Waals surface area contributed by atoms with E-state index >= 15 is 0 Å². The molecule has 3 rings (SSSR count). The van der Waals surface area contributed by atoms with Crippen molar-refractivity contribution in [1.29, 1.82) is 0 Å². The average molecular weight is 300 g/mol. The highest BCUT2D eigenvalue weighted by atomic mass is 35.5. The summed E-state index contributed by atoms with van der Waals surface area (Å²) in [4.78, 5) is 11.4. The Hall–Kier alpha value is -2.66. The van der Waals surface area contributed by atoms with Crippen molar-refractivity contribution in [3.63, 3.8) is 0 Å². The number of ether oxygens (including phenoxy) is 1. The number of carbonyl (C=O) groups is 1. The molecule has 0 unspecified atom stereocenters. The van der Waals surface area contributed by atoms with Crippen LogP contribution in [-0.2, 0) is 0 Å². The van der Waals surface area contributed by atoms with Gasteiger partial charge in [-0.2, -0.15) is 0 Å². The maximum atomic E-state index is 11.4. The Morgan fingerprint density at radius 3 is 2.43 bits per heavy atom. The third kappa shape index (κ3) is 2.51. The van der Waals surface area contributed by atoms with Crippen molar-refractivity contribution in [2.45, 2.75) is 0 Å². The molecule has 0 aliphatic rings. The summed E-state index contributed by atoms with van der Waals surface area (Å²) in [6, 6.07) is 14.0. The van der Waals surface area contributed by atoms with Crippen molar-refractivity contribution in [2.24, 2.45) is 5.73 Å². The van der Waals surface area contributed by atoms with Crippen LogP contribution in [0.4, 0.5) is 0 Å². The van der Waals surface area contributed by atoms with Crippen molar-refractivity contribution >= 4 is 28.3 Å². The van der Waals surface area contributed by atoms with Crippen LogP contribution in [0.5, 0.6) is 11.6 Å². The van der Waals surface area contributed by atoms with Gasteiger partial charge in [0.25, 0.3) is 5.91 Å². The van der Waals surface area contributed by atoms with E-state index in [9.17, 15) is 4.79 Å². The van der Waals surface area contributed by atoms with E-state index in [1.807, 2.05) is 24.3 Å². The van der Waals surface area contributed by atoms with Gasteiger partial charge in [0.05, 0.1) is 5.56 Å². The number of nitrogens with zero attached hydrogens (tertiary/aromatic N) is 2. The topological polar surface area (TPSA) is 78.1 Å². The predicted molar refractivity (Wildman–Crippen MR) is 79.6 cm³/mol. The zero-order valence-electron chi connectivity index (χ0n) is 10.8. The number of halogens is 1. The number of rotatable bonds is 3. The standard InChI is InChI=1S/C15H10ClN3O2/c16-13-9-5-1-2-6-10(9)15(19-18-13)21-12-8-4-3-7-11(12)14(17)20/h1-8H,(H2,17,20). The van der Waals surface area contributed by atoms with Gasteiger partial charge in [0.1, 0.15) is 5.75 Å². The van der Waals surface area contributed by atoms with E-state index in [0.29, 0.717) is 16.3 Å². The molecule has 1 amide bonds. The molecule has 0 atom stereocenters. The molecule has 104 valence electrons. The largest absolute Gasteiger partial charge is 0.436 e. The first kappa shape index (κ1) is 13.3. The second kappa shape index (κ2) is 5.38. The van der Waals surface area contributed by atoms with E-state index in [4.69, 9.17) is 22.1 Å². The first-order chi connectivity index (χ1) is 10.2. The lowest BCUT2D eigenvalue weighted by Gasteiger charge is -2.10. The van der Waals surface area contributed by atoms with E-state index in [1.165, 1.54) is 0 Å². The number of hydrogen-bond acceptors (Lipinski definition) is 4. The maximum Gasteiger partial charge on any atom is 0.252 e. The third-order valence-corrected chi connectivity index (χ3v) is 3.25. The first-order valence-corrected chi connectivity index (χ1v) is 6.52. The lowest BCUT2D eigenvalue weighted by atomic mass is 10.2. The molecule has 3 aromatic rings. The molecule has 0 fully saturated rings. The van der Waals surface area contributed by atoms with E-state index in [1.54, 1.807) is 24.3 Å². The molecule has 21 heavy (non-hydrogen) atoms. The van der Waals surface area contributed by atoms with Crippen LogP contribution in [0.3, 0.4) is 0 Å². The van der Waals surface area contributed by atoms with Gasteiger partial charge in [-0.1, -0.05) is 41.9 Å². The highest BCUT2D eigenvalue weighted by Crippen LogP contribution is 2.31. The SMILES string of the molecule is NC(=O)c1ccccc1Oc1nnc(Cl)c2ccccc12. The monoisotopic (exact) mass is 299 g/mol. The van der Waals surface area contributed by atoms with Crippen LogP contribution in [0.15, 0.2) is 48.5 Å². The van der Waals surface area contributed by atoms with Gasteiger partial charge in [-0.25, -0.2) is 0 Å². The lowest BCUT2D eigenvalue weighted by Crippen LogP contribution is -2.12. The van der Waals surface area contributed by atoms with E-state index in [2.05, 4.69) is 10.2 Å². The molecule has 1 heterocycles. The van der Waals surface area contributed by atoms with Gasteiger partial charge in [0.2, 0.25) is 5.88 Å². The van der Waals surface area contributed by atoms with Crippen molar-refractivity contribution in [3.05, 3.63) is 59.2 Å². The first-order valence-electron chi connectivity index (χ1n) is 6.14. The summed E-state index contributed by atoms with van der Waals surface area (Å²) < 4.78 is 5.71. The second-order valence-corrected chi connectivity index (χ2v) is 4.66. The Bertz CT molecular complexity index is 836. The summed E-state index contributed by atoms with van der Waals surface area (Å²) >= 11 is 6.01. The Morgan fingerprint density at radius 1 is 1.00 bits per heavy atom. The van der Waals surface area contributed by atoms with E-state index in [-0.39, 0.29) is 11.4 Å². The number of para-hydroxylation sites is 1. The Morgan fingerprint density at radius 2 is 1.67 bits per heavy atom. The van der Waals surface area contributed by atoms with Crippen LogP contribution in [0.25, 0.3) is 10.8 Å². The van der Waals surface area contributed by atoms with Crippen LogP contribution in [-0.4, -0.2) is 16.1 Å². The number of amides is 1. The van der Waals surface area contributed by atoms with Gasteiger partial charge >= 0.3 is 0 Å². The molecule has 5 nitrogen and oxygen atoms in total. The van der Waals surface area contributed by atoms with Crippen LogP contribution in [0.1, 0.15) is 10.4 Å². The zero-order valence-corrected chi connectivity index (χ0v) is 11.5. The second-order valence-electron chi connectivity index (χ2n) is 4.30. The Balaban J connectivity index is 2.11. The fourth-order valence-electron chi connectivity index (χ4n) is 1.99. The van der Waals surface area contributed by atoms with Crippen molar-refractivity contribution < 1.29 is 9.53 Å². The summed E-state index contributed by atoms with van der Waals surface area (Å²) in [5, 5.41) is 9.52. The smallest absolute Gasteiger partial charge is 0.252 e. The van der Waals surface area contributed by atoms with Crippen molar-refractivity contribution in [3.8, 4) is 11.6 Å². The van der Waals surface area contributed by atoms with Gasteiger partial charge in [-0.3, -0.25) is 4.79 Å². The fourth-order valence-corrected chi connectivity index (χ4v) is 2.19. The third-order valence-electron chi connectivity index (χ3n) is 2.97. The molecule has 0 spiro atoms. The van der Waals surface area contributed by atoms with Gasteiger partial charge in [0, 0.05) is 10.8 Å². The quantitative estimate of drug-likeness (QED) is 0.805. The van der Waals surface area contributed by atoms with Crippen LogP contribution >= 0.6 is 11.6 Å². The summed E-state index contributed by atoms with van der Waals surface area (Å²) in [5.41, 5.74) is 5.61. The Labute approximate surface area is 125 Å². The van der Waals surface area contributed by atoms with Gasteiger partial charge < -0.3 is 10.5 Å². The van der Waals surface area contributed by atoms with Crippen LogP contribution in [0.2, 0.25) is 5.15 Å². The fraction of sp³-hybridized carbons (Fsp3) is 0. The number of hydrogen-bond donors (Lipinski definition) is 1. The molecular weight excluding hydrogens is 290 g/mol. The molecule has 1 aromatic heterocycles. The molecule has 0 bridgehead atoms. The number of aromatic nitrogens is 2. The molecule has 2 N–H and O–H groups in total. The average Bonchev–Trinajstić information content (AvgIpc) is 2.51. The summed E-state index contributed by atoms with van der Waals surface area (Å²) in [5.74, 6) is 0.0207. The molecule has 0 radical (unpaired) electrons. The minimum atomic E-state index is -0.572. The number of benzene rings is 2. The number of fused-ring (bicyclic) bond motifs is 1. The Kier molecular flexibility index (Phi) is 3.41. The van der Waals surface area contributed by atoms with Crippen molar-refractivity contribution in [1.82, 2.24) is 10.2 Å². The van der Waals surface area contributed by atoms with E-state index in [0.717, 1.165) is 5.39 Å². The summed E-state index contributed by atoms with van der Waals surface area (Å²) in [6.45, 7) is 0. The highest BCUT2D eigenvalue weighted by molar-refractivity contribution is 6.34. The molecule has 2 aromatic carbocycles. The molecule has 0 saturated heterocycles. The summed E-state index contributed by atoms with van der Waals surface area (Å²) in [7, 11) is 0. The number of carbonyl (C=O) groups excluding carboxylic acids is 1. The zero-order chi connectivity index (χ0) is 14.8.